The van der Waals surface area contributed by atoms with Gasteiger partial charge in [-0.25, -0.2) is 0 Å². The number of aliphatic hydroxyl groups is 1. The quantitative estimate of drug-likeness (QED) is 0.792. The van der Waals surface area contributed by atoms with Crippen LogP contribution in [-0.2, 0) is 0 Å². The molecule has 0 fully saturated rings. The van der Waals surface area contributed by atoms with E-state index in [0.29, 0.717) is 10.9 Å². The van der Waals surface area contributed by atoms with Crippen LogP contribution < -0.4 is 10.1 Å². The van der Waals surface area contributed by atoms with Crippen LogP contribution in [0, 0.1) is 0 Å². The molecule has 2 rings (SSSR count). The molecule has 1 amide bonds. The Bertz CT molecular complexity index is 653. The third kappa shape index (κ3) is 3.49. The minimum atomic E-state index is -2.93. The van der Waals surface area contributed by atoms with Crippen molar-refractivity contribution >= 4 is 16.8 Å². The molecule has 0 bridgehead atoms. The first-order valence-electron chi connectivity index (χ1n) is 6.32. The normalized spacial score (nSPS) is 11.9. The highest BCUT2D eigenvalue weighted by molar-refractivity contribution is 5.99. The molecule has 7 heteroatoms. The maximum absolute atomic E-state index is 12.3. The molecule has 0 aliphatic rings. The van der Waals surface area contributed by atoms with Gasteiger partial charge in [-0.1, -0.05) is 6.07 Å². The highest BCUT2D eigenvalue weighted by Crippen LogP contribution is 2.27. The predicted molar refractivity (Wildman–Crippen MR) is 73.6 cm³/mol. The number of hydrogen-bond acceptors (Lipinski definition) is 3. The molecule has 3 N–H and O–H groups in total. The topological polar surface area (TPSA) is 74.3 Å². The molecule has 0 saturated carbocycles. The molecule has 0 aliphatic carbocycles. The molecule has 0 atom stereocenters. The largest absolute Gasteiger partial charge is 0.434 e. The summed E-state index contributed by atoms with van der Waals surface area (Å²) in [5, 5.41) is 12.2. The molecule has 0 spiro atoms. The fraction of sp³-hybridized carbons (Fsp3) is 0.357. The Labute approximate surface area is 119 Å². The van der Waals surface area contributed by atoms with E-state index >= 15 is 0 Å². The number of rotatable bonds is 5. The third-order valence-electron chi connectivity index (χ3n) is 2.93. The van der Waals surface area contributed by atoms with Crippen LogP contribution in [0.15, 0.2) is 24.3 Å². The van der Waals surface area contributed by atoms with Gasteiger partial charge in [-0.05, 0) is 32.0 Å². The zero-order valence-electron chi connectivity index (χ0n) is 11.6. The van der Waals surface area contributed by atoms with Crippen LogP contribution in [-0.4, -0.2) is 34.8 Å². The first kappa shape index (κ1) is 15.2. The zero-order chi connectivity index (χ0) is 15.6. The zero-order valence-corrected chi connectivity index (χ0v) is 11.6. The lowest BCUT2D eigenvalue weighted by atomic mass is 10.1. The van der Waals surface area contributed by atoms with E-state index in [9.17, 15) is 13.6 Å². The Morgan fingerprint density at radius 3 is 2.81 bits per heavy atom. The van der Waals surface area contributed by atoms with Gasteiger partial charge in [0.25, 0.3) is 5.91 Å². The number of ether oxygens (including phenoxy) is 1. The van der Waals surface area contributed by atoms with Crippen molar-refractivity contribution in [3.05, 3.63) is 30.0 Å². The molecular weight excluding hydrogens is 282 g/mol. The number of amides is 1. The molecule has 0 aliphatic heterocycles. The lowest BCUT2D eigenvalue weighted by molar-refractivity contribution is -0.0487. The van der Waals surface area contributed by atoms with Crippen LogP contribution in [0.3, 0.4) is 0 Å². The monoisotopic (exact) mass is 298 g/mol. The van der Waals surface area contributed by atoms with Crippen molar-refractivity contribution in [1.29, 1.82) is 0 Å². The number of fused-ring (bicyclic) bond motifs is 1. The second-order valence-corrected chi connectivity index (χ2v) is 5.28. The van der Waals surface area contributed by atoms with Crippen LogP contribution in [0.2, 0.25) is 0 Å². The summed E-state index contributed by atoms with van der Waals surface area (Å²) in [7, 11) is 0. The van der Waals surface area contributed by atoms with Crippen LogP contribution in [0.25, 0.3) is 10.9 Å². The summed E-state index contributed by atoms with van der Waals surface area (Å²) in [6.07, 6.45) is 0. The van der Waals surface area contributed by atoms with Gasteiger partial charge in [-0.15, -0.1) is 0 Å². The van der Waals surface area contributed by atoms with Crippen LogP contribution in [0.5, 0.6) is 5.75 Å². The summed E-state index contributed by atoms with van der Waals surface area (Å²) in [5.41, 5.74) is -0.0617. The standard InChI is InChI=1S/C14H16F2N2O3/c1-14(2,7-19)18-12(20)10-6-8-9(17-10)4-3-5-11(8)21-13(15)16/h3-6,13,17,19H,7H2,1-2H3,(H,18,20). The second kappa shape index (κ2) is 5.69. The number of halogens is 2. The number of nitrogens with one attached hydrogen (secondary N) is 2. The van der Waals surface area contributed by atoms with Gasteiger partial charge in [-0.3, -0.25) is 4.79 Å². The predicted octanol–water partition coefficient (Wildman–Crippen LogP) is 2.27. The molecule has 114 valence electrons. The molecule has 5 nitrogen and oxygen atoms in total. The Kier molecular flexibility index (Phi) is 4.13. The van der Waals surface area contributed by atoms with Gasteiger partial charge in [0.2, 0.25) is 0 Å². The molecule has 0 unspecified atom stereocenters. The van der Waals surface area contributed by atoms with E-state index in [1.54, 1.807) is 26.0 Å². The maximum Gasteiger partial charge on any atom is 0.387 e. The summed E-state index contributed by atoms with van der Waals surface area (Å²) in [5.74, 6) is -0.438. The second-order valence-electron chi connectivity index (χ2n) is 5.28. The number of alkyl halides is 2. The lowest BCUT2D eigenvalue weighted by Crippen LogP contribution is -2.46. The maximum atomic E-state index is 12.3. The van der Waals surface area contributed by atoms with E-state index in [0.717, 1.165) is 0 Å². The highest BCUT2D eigenvalue weighted by Gasteiger charge is 2.21. The van der Waals surface area contributed by atoms with Gasteiger partial charge in [0, 0.05) is 10.9 Å². The number of carbonyl (C=O) groups is 1. The highest BCUT2D eigenvalue weighted by atomic mass is 19.3. The molecule has 0 saturated heterocycles. The number of carbonyl (C=O) groups excluding carboxylic acids is 1. The van der Waals surface area contributed by atoms with Crippen molar-refractivity contribution in [2.24, 2.45) is 0 Å². The molecular formula is C14H16F2N2O3. The van der Waals surface area contributed by atoms with Gasteiger partial charge < -0.3 is 20.1 Å². The number of hydrogen-bond donors (Lipinski definition) is 3. The van der Waals surface area contributed by atoms with Crippen LogP contribution in [0.4, 0.5) is 8.78 Å². The molecule has 1 aromatic heterocycles. The lowest BCUT2D eigenvalue weighted by Gasteiger charge is -2.22. The van der Waals surface area contributed by atoms with Crippen molar-refractivity contribution in [3.8, 4) is 5.75 Å². The van der Waals surface area contributed by atoms with Crippen molar-refractivity contribution in [3.63, 3.8) is 0 Å². The van der Waals surface area contributed by atoms with Gasteiger partial charge in [0.15, 0.2) is 0 Å². The summed E-state index contributed by atoms with van der Waals surface area (Å²) < 4.78 is 29.1. The number of benzene rings is 1. The van der Waals surface area contributed by atoms with Crippen molar-refractivity contribution < 1.29 is 23.4 Å². The van der Waals surface area contributed by atoms with Crippen molar-refractivity contribution in [2.45, 2.75) is 26.0 Å². The molecule has 21 heavy (non-hydrogen) atoms. The molecule has 0 radical (unpaired) electrons. The van der Waals surface area contributed by atoms with E-state index in [2.05, 4.69) is 15.0 Å². The van der Waals surface area contributed by atoms with E-state index in [1.165, 1.54) is 12.1 Å². The minimum absolute atomic E-state index is 0.000724. The van der Waals surface area contributed by atoms with Gasteiger partial charge in [0.05, 0.1) is 12.1 Å². The summed E-state index contributed by atoms with van der Waals surface area (Å²) in [4.78, 5) is 14.9. The number of H-pyrrole nitrogens is 1. The minimum Gasteiger partial charge on any atom is -0.434 e. The fourth-order valence-electron chi connectivity index (χ4n) is 1.86. The van der Waals surface area contributed by atoms with E-state index < -0.39 is 18.1 Å². The molecule has 1 heterocycles. The SMILES string of the molecule is CC(C)(CO)NC(=O)c1cc2c(OC(F)F)cccc2[nH]1. The van der Waals surface area contributed by atoms with Gasteiger partial charge in [-0.2, -0.15) is 8.78 Å². The van der Waals surface area contributed by atoms with Crippen LogP contribution in [0.1, 0.15) is 24.3 Å². The van der Waals surface area contributed by atoms with E-state index in [1.807, 2.05) is 0 Å². The fourth-order valence-corrected chi connectivity index (χ4v) is 1.86. The summed E-state index contributed by atoms with van der Waals surface area (Å²) in [6.45, 7) is 0.173. The number of aromatic nitrogens is 1. The Morgan fingerprint density at radius 2 is 2.19 bits per heavy atom. The Morgan fingerprint density at radius 1 is 1.48 bits per heavy atom. The average molecular weight is 298 g/mol. The third-order valence-corrected chi connectivity index (χ3v) is 2.93. The average Bonchev–Trinajstić information content (AvgIpc) is 2.83. The van der Waals surface area contributed by atoms with Crippen molar-refractivity contribution in [2.75, 3.05) is 6.61 Å². The summed E-state index contributed by atoms with van der Waals surface area (Å²) in [6, 6.07) is 6.05. The van der Waals surface area contributed by atoms with Gasteiger partial charge in [0.1, 0.15) is 11.4 Å². The first-order chi connectivity index (χ1) is 9.82. The Balaban J connectivity index is 2.32. The van der Waals surface area contributed by atoms with E-state index in [4.69, 9.17) is 5.11 Å². The molecule has 1 aromatic carbocycles. The number of aromatic amines is 1. The van der Waals surface area contributed by atoms with Crippen molar-refractivity contribution in [1.82, 2.24) is 10.3 Å². The molecule has 2 aromatic rings. The summed E-state index contributed by atoms with van der Waals surface area (Å²) >= 11 is 0. The van der Waals surface area contributed by atoms with E-state index in [-0.39, 0.29) is 18.1 Å². The smallest absolute Gasteiger partial charge is 0.387 e. The number of aliphatic hydroxyl groups excluding tert-OH is 1. The van der Waals surface area contributed by atoms with Crippen LogP contribution >= 0.6 is 0 Å². The van der Waals surface area contributed by atoms with Gasteiger partial charge >= 0.3 is 6.61 Å². The Hall–Kier alpha value is -2.15. The first-order valence-corrected chi connectivity index (χ1v) is 6.32.